The van der Waals surface area contributed by atoms with Crippen molar-refractivity contribution in [2.24, 2.45) is 0 Å². The summed E-state index contributed by atoms with van der Waals surface area (Å²) in [4.78, 5) is 5.56. The molecule has 0 bridgehead atoms. The van der Waals surface area contributed by atoms with Gasteiger partial charge in [0.15, 0.2) is 5.82 Å². The van der Waals surface area contributed by atoms with Crippen LogP contribution in [0.2, 0.25) is 0 Å². The van der Waals surface area contributed by atoms with Crippen LogP contribution in [0.3, 0.4) is 0 Å². The van der Waals surface area contributed by atoms with Gasteiger partial charge in [-0.2, -0.15) is 4.98 Å². The van der Waals surface area contributed by atoms with Gasteiger partial charge < -0.3 is 15.0 Å². The molecule has 1 aliphatic heterocycles. The summed E-state index contributed by atoms with van der Waals surface area (Å²) in [5, 5.41) is 4.74. The van der Waals surface area contributed by atoms with Crippen LogP contribution >= 0.6 is 11.3 Å². The van der Waals surface area contributed by atoms with Gasteiger partial charge in [0.1, 0.15) is 0 Å². The Balaban J connectivity index is 1.74. The van der Waals surface area contributed by atoms with Gasteiger partial charge in [0.25, 0.3) is 5.89 Å². The van der Waals surface area contributed by atoms with Crippen LogP contribution in [0.5, 0.6) is 0 Å². The third kappa shape index (κ3) is 2.79. The molecule has 0 amide bonds. The maximum Gasteiger partial charge on any atom is 0.260 e. The highest BCUT2D eigenvalue weighted by atomic mass is 32.1. The molecule has 1 saturated heterocycles. The molecule has 3 heterocycles. The molecule has 3 rings (SSSR count). The van der Waals surface area contributed by atoms with Gasteiger partial charge in [-0.1, -0.05) is 5.16 Å². The number of hydrogen-bond acceptors (Lipinski definition) is 6. The molecule has 2 aromatic heterocycles. The summed E-state index contributed by atoms with van der Waals surface area (Å²) in [5.74, 6) is 1.21. The number of nitrogens with zero attached hydrogens (tertiary/aromatic N) is 2. The minimum Gasteiger partial charge on any atom is -0.390 e. The van der Waals surface area contributed by atoms with Gasteiger partial charge in [0.05, 0.1) is 16.7 Å². The van der Waals surface area contributed by atoms with Gasteiger partial charge in [0, 0.05) is 17.9 Å². The van der Waals surface area contributed by atoms with E-state index in [1.807, 2.05) is 13.0 Å². The molecule has 1 atom stereocenters. The lowest BCUT2D eigenvalue weighted by atomic mass is 10.1. The second-order valence-corrected chi connectivity index (χ2v) is 6.13. The Labute approximate surface area is 115 Å². The molecule has 6 heteroatoms. The first-order valence-corrected chi connectivity index (χ1v) is 7.34. The molecule has 1 fully saturated rings. The van der Waals surface area contributed by atoms with E-state index in [1.165, 1.54) is 17.8 Å². The van der Waals surface area contributed by atoms with E-state index in [2.05, 4.69) is 10.1 Å². The van der Waals surface area contributed by atoms with E-state index >= 15 is 0 Å². The van der Waals surface area contributed by atoms with Gasteiger partial charge in [-0.25, -0.2) is 0 Å². The fourth-order valence-corrected chi connectivity index (χ4v) is 3.10. The number of rotatable bonds is 3. The molecule has 1 aliphatic rings. The number of aryl methyl sites for hydroxylation is 1. The van der Waals surface area contributed by atoms with Crippen molar-refractivity contribution in [2.45, 2.75) is 38.7 Å². The standard InChI is InChI=1S/C13H17N3O2S/c1-8-6-10(12(14)19-8)13-15-11(16-18-13)7-9-4-2-3-5-17-9/h6,9H,2-5,7,14H2,1H3. The lowest BCUT2D eigenvalue weighted by Crippen LogP contribution is -2.21. The van der Waals surface area contributed by atoms with Crippen LogP contribution in [0.4, 0.5) is 5.00 Å². The van der Waals surface area contributed by atoms with E-state index in [0.29, 0.717) is 18.1 Å². The Morgan fingerprint density at radius 1 is 1.47 bits per heavy atom. The average molecular weight is 279 g/mol. The van der Waals surface area contributed by atoms with Crippen LogP contribution in [0.25, 0.3) is 11.5 Å². The maximum absolute atomic E-state index is 5.93. The van der Waals surface area contributed by atoms with Gasteiger partial charge >= 0.3 is 0 Å². The summed E-state index contributed by atoms with van der Waals surface area (Å²) in [7, 11) is 0. The predicted molar refractivity (Wildman–Crippen MR) is 74.1 cm³/mol. The highest BCUT2D eigenvalue weighted by Gasteiger charge is 2.19. The summed E-state index contributed by atoms with van der Waals surface area (Å²) in [6.45, 7) is 2.85. The van der Waals surface area contributed by atoms with Crippen molar-refractivity contribution < 1.29 is 9.26 Å². The molecule has 0 aliphatic carbocycles. The molecular formula is C13H17N3O2S. The largest absolute Gasteiger partial charge is 0.390 e. The number of hydrogen-bond donors (Lipinski definition) is 1. The van der Waals surface area contributed by atoms with Crippen LogP contribution in [0, 0.1) is 6.92 Å². The second-order valence-electron chi connectivity index (χ2n) is 4.84. The van der Waals surface area contributed by atoms with Gasteiger partial charge in [-0.3, -0.25) is 0 Å². The van der Waals surface area contributed by atoms with Crippen molar-refractivity contribution in [3.63, 3.8) is 0 Å². The Morgan fingerprint density at radius 2 is 2.37 bits per heavy atom. The van der Waals surface area contributed by atoms with Crippen molar-refractivity contribution in [1.82, 2.24) is 10.1 Å². The molecule has 0 aromatic carbocycles. The van der Waals surface area contributed by atoms with E-state index in [-0.39, 0.29) is 6.10 Å². The fourth-order valence-electron chi connectivity index (χ4n) is 2.32. The smallest absolute Gasteiger partial charge is 0.260 e. The van der Waals surface area contributed by atoms with E-state index in [0.717, 1.165) is 34.9 Å². The summed E-state index contributed by atoms with van der Waals surface area (Å²) < 4.78 is 11.0. The minimum absolute atomic E-state index is 0.223. The first kappa shape index (κ1) is 12.6. The normalized spacial score (nSPS) is 19.7. The van der Waals surface area contributed by atoms with Crippen molar-refractivity contribution in [1.29, 1.82) is 0 Å². The summed E-state index contributed by atoms with van der Waals surface area (Å²) in [6, 6.07) is 1.98. The number of aromatic nitrogens is 2. The Kier molecular flexibility index (Phi) is 3.52. The fraction of sp³-hybridized carbons (Fsp3) is 0.538. The number of anilines is 1. The zero-order chi connectivity index (χ0) is 13.2. The first-order valence-electron chi connectivity index (χ1n) is 6.53. The molecular weight excluding hydrogens is 262 g/mol. The molecule has 0 saturated carbocycles. The van der Waals surface area contributed by atoms with Crippen molar-refractivity contribution >= 4 is 16.3 Å². The van der Waals surface area contributed by atoms with Gasteiger partial charge in [-0.15, -0.1) is 11.3 Å². The first-order chi connectivity index (χ1) is 9.22. The van der Waals surface area contributed by atoms with Gasteiger partial charge in [0.2, 0.25) is 0 Å². The second kappa shape index (κ2) is 5.30. The highest BCUT2D eigenvalue weighted by Crippen LogP contribution is 2.32. The van der Waals surface area contributed by atoms with Crippen LogP contribution in [-0.2, 0) is 11.2 Å². The van der Waals surface area contributed by atoms with E-state index < -0.39 is 0 Å². The maximum atomic E-state index is 5.93. The average Bonchev–Trinajstić information content (AvgIpc) is 2.97. The molecule has 2 N–H and O–H groups in total. The zero-order valence-corrected chi connectivity index (χ0v) is 11.7. The molecule has 0 radical (unpaired) electrons. The Bertz CT molecular complexity index is 558. The van der Waals surface area contributed by atoms with Crippen molar-refractivity contribution in [3.8, 4) is 11.5 Å². The molecule has 19 heavy (non-hydrogen) atoms. The number of nitrogens with two attached hydrogens (primary N) is 1. The lowest BCUT2D eigenvalue weighted by Gasteiger charge is -2.20. The molecule has 2 aromatic rings. The van der Waals surface area contributed by atoms with Crippen LogP contribution in [0.1, 0.15) is 30.0 Å². The minimum atomic E-state index is 0.223. The van der Waals surface area contributed by atoms with E-state index in [9.17, 15) is 0 Å². The number of ether oxygens (including phenoxy) is 1. The molecule has 5 nitrogen and oxygen atoms in total. The topological polar surface area (TPSA) is 74.2 Å². The third-order valence-corrected chi connectivity index (χ3v) is 4.15. The molecule has 1 unspecified atom stereocenters. The van der Waals surface area contributed by atoms with Crippen LogP contribution in [0.15, 0.2) is 10.6 Å². The molecule has 102 valence electrons. The highest BCUT2D eigenvalue weighted by molar-refractivity contribution is 7.16. The van der Waals surface area contributed by atoms with Gasteiger partial charge in [-0.05, 0) is 32.3 Å². The Morgan fingerprint density at radius 3 is 3.05 bits per heavy atom. The quantitative estimate of drug-likeness (QED) is 0.935. The lowest BCUT2D eigenvalue weighted by molar-refractivity contribution is 0.0153. The summed E-state index contributed by atoms with van der Waals surface area (Å²) in [5.41, 5.74) is 6.77. The predicted octanol–water partition coefficient (Wildman–Crippen LogP) is 2.80. The summed E-state index contributed by atoms with van der Waals surface area (Å²) in [6.07, 6.45) is 4.38. The van der Waals surface area contributed by atoms with Crippen molar-refractivity contribution in [2.75, 3.05) is 12.3 Å². The monoisotopic (exact) mass is 279 g/mol. The number of nitrogen functional groups attached to an aromatic ring is 1. The number of thiophene rings is 1. The van der Waals surface area contributed by atoms with Crippen LogP contribution in [-0.4, -0.2) is 22.9 Å². The van der Waals surface area contributed by atoms with E-state index in [4.69, 9.17) is 15.0 Å². The molecule has 0 spiro atoms. The third-order valence-electron chi connectivity index (χ3n) is 3.27. The van der Waals surface area contributed by atoms with Crippen LogP contribution < -0.4 is 5.73 Å². The SMILES string of the molecule is Cc1cc(-c2nc(CC3CCCCO3)no2)c(N)s1. The van der Waals surface area contributed by atoms with Crippen molar-refractivity contribution in [3.05, 3.63) is 16.8 Å². The summed E-state index contributed by atoms with van der Waals surface area (Å²) >= 11 is 1.53. The Hall–Kier alpha value is -1.40. The van der Waals surface area contributed by atoms with E-state index in [1.54, 1.807) is 0 Å². The zero-order valence-electron chi connectivity index (χ0n) is 10.9.